The van der Waals surface area contributed by atoms with Crippen LogP contribution in [0.2, 0.25) is 0 Å². The van der Waals surface area contributed by atoms with Gasteiger partial charge in [-0.05, 0) is 43.4 Å². The molecule has 1 saturated carbocycles. The highest BCUT2D eigenvalue weighted by molar-refractivity contribution is 5.94. The zero-order valence-corrected chi connectivity index (χ0v) is 13.0. The highest BCUT2D eigenvalue weighted by atomic mass is 16.5. The summed E-state index contributed by atoms with van der Waals surface area (Å²) in [6, 6.07) is 9.44. The summed E-state index contributed by atoms with van der Waals surface area (Å²) in [6.07, 6.45) is 4.94. The monoisotopic (exact) mass is 321 g/mol. The molecule has 0 spiro atoms. The Morgan fingerprint density at radius 3 is 2.88 bits per heavy atom. The van der Waals surface area contributed by atoms with Crippen LogP contribution in [0.4, 0.5) is 0 Å². The first-order valence-corrected chi connectivity index (χ1v) is 8.11. The number of ether oxygens (including phenoxy) is 1. The molecule has 5 nitrogen and oxygen atoms in total. The van der Waals surface area contributed by atoms with Crippen LogP contribution >= 0.6 is 0 Å². The molecule has 0 unspecified atom stereocenters. The summed E-state index contributed by atoms with van der Waals surface area (Å²) in [4.78, 5) is 16.0. The Labute approximate surface area is 138 Å². The maximum Gasteiger partial charge on any atom is 0.338 e. The van der Waals surface area contributed by atoms with Crippen molar-refractivity contribution in [3.05, 3.63) is 53.5 Å². The van der Waals surface area contributed by atoms with Crippen LogP contribution in [0.25, 0.3) is 22.8 Å². The second-order valence-electron chi connectivity index (χ2n) is 6.39. The number of hydrogen-bond acceptors (Lipinski definition) is 5. The molecule has 1 aromatic carbocycles. The van der Waals surface area contributed by atoms with Gasteiger partial charge in [-0.25, -0.2) is 9.78 Å². The Hall–Kier alpha value is -2.82. The maximum absolute atomic E-state index is 11.7. The van der Waals surface area contributed by atoms with Gasteiger partial charge in [0.1, 0.15) is 12.4 Å². The molecule has 2 aliphatic rings. The number of fused-ring (bicyclic) bond motifs is 1. The lowest BCUT2D eigenvalue weighted by Gasteiger charge is -2.00. The van der Waals surface area contributed by atoms with Crippen molar-refractivity contribution < 1.29 is 18.4 Å². The quantitative estimate of drug-likeness (QED) is 0.673. The third-order valence-electron chi connectivity index (χ3n) is 4.62. The molecule has 2 aromatic heterocycles. The summed E-state index contributed by atoms with van der Waals surface area (Å²) >= 11 is 0. The van der Waals surface area contributed by atoms with E-state index in [1.165, 1.54) is 19.2 Å². The average molecular weight is 321 g/mol. The van der Waals surface area contributed by atoms with Gasteiger partial charge >= 0.3 is 5.97 Å². The number of rotatable bonds is 4. The third-order valence-corrected chi connectivity index (χ3v) is 4.62. The Morgan fingerprint density at radius 1 is 1.12 bits per heavy atom. The van der Waals surface area contributed by atoms with Gasteiger partial charge in [0.15, 0.2) is 17.9 Å². The highest BCUT2D eigenvalue weighted by Crippen LogP contribution is 2.37. The second-order valence-corrected chi connectivity index (χ2v) is 6.39. The second kappa shape index (κ2) is 5.09. The lowest BCUT2D eigenvalue weighted by atomic mass is 10.0. The van der Waals surface area contributed by atoms with Crippen LogP contribution in [0.5, 0.6) is 0 Å². The molecule has 1 aliphatic heterocycles. The number of hydrogen-bond donors (Lipinski definition) is 0. The number of aromatic nitrogens is 1. The van der Waals surface area contributed by atoms with Crippen LogP contribution < -0.4 is 0 Å². The molecule has 0 amide bonds. The van der Waals surface area contributed by atoms with Gasteiger partial charge in [-0.15, -0.1) is 0 Å². The average Bonchev–Trinajstić information content (AvgIpc) is 3.00. The number of carbonyl (C=O) groups is 1. The van der Waals surface area contributed by atoms with Gasteiger partial charge < -0.3 is 13.6 Å². The van der Waals surface area contributed by atoms with E-state index in [1.54, 1.807) is 0 Å². The fourth-order valence-electron chi connectivity index (χ4n) is 3.09. The van der Waals surface area contributed by atoms with Crippen LogP contribution in [0.1, 0.15) is 34.5 Å². The fraction of sp³-hybridized carbons (Fsp3) is 0.263. The lowest BCUT2D eigenvalue weighted by molar-refractivity contribution is 0.0535. The van der Waals surface area contributed by atoms with Gasteiger partial charge in [0, 0.05) is 11.1 Å². The number of cyclic esters (lactones) is 1. The number of nitrogens with zero attached hydrogens (tertiary/aromatic N) is 1. The minimum absolute atomic E-state index is 0.277. The number of oxazole rings is 1. The molecule has 3 heterocycles. The van der Waals surface area contributed by atoms with E-state index in [9.17, 15) is 4.79 Å². The topological polar surface area (TPSA) is 65.5 Å². The van der Waals surface area contributed by atoms with Crippen LogP contribution in [0, 0.1) is 5.92 Å². The lowest BCUT2D eigenvalue weighted by Crippen LogP contribution is -1.93. The van der Waals surface area contributed by atoms with Gasteiger partial charge in [-0.2, -0.15) is 0 Å². The van der Waals surface area contributed by atoms with Crippen molar-refractivity contribution in [1.29, 1.82) is 0 Å². The first-order chi connectivity index (χ1) is 11.8. The highest BCUT2D eigenvalue weighted by Gasteiger charge is 2.26. The molecule has 0 saturated heterocycles. The van der Waals surface area contributed by atoms with Crippen molar-refractivity contribution in [2.45, 2.75) is 25.9 Å². The molecular weight excluding hydrogens is 306 g/mol. The Bertz CT molecular complexity index is 933. The molecule has 0 bridgehead atoms. The van der Waals surface area contributed by atoms with E-state index in [0.29, 0.717) is 29.5 Å². The summed E-state index contributed by atoms with van der Waals surface area (Å²) in [5, 5.41) is 0. The van der Waals surface area contributed by atoms with E-state index in [0.717, 1.165) is 29.2 Å². The van der Waals surface area contributed by atoms with Crippen molar-refractivity contribution in [2.75, 3.05) is 0 Å². The van der Waals surface area contributed by atoms with Crippen molar-refractivity contribution in [3.63, 3.8) is 0 Å². The van der Waals surface area contributed by atoms with Gasteiger partial charge in [0.2, 0.25) is 0 Å². The summed E-state index contributed by atoms with van der Waals surface area (Å²) in [5.41, 5.74) is 3.33. The third kappa shape index (κ3) is 2.24. The first kappa shape index (κ1) is 13.6. The zero-order valence-electron chi connectivity index (χ0n) is 13.0. The van der Waals surface area contributed by atoms with Gasteiger partial charge in [-0.1, -0.05) is 12.1 Å². The summed E-state index contributed by atoms with van der Waals surface area (Å²) in [5.74, 6) is 2.52. The Morgan fingerprint density at radius 2 is 2.00 bits per heavy atom. The molecule has 120 valence electrons. The maximum atomic E-state index is 11.7. The van der Waals surface area contributed by atoms with Crippen molar-refractivity contribution in [1.82, 2.24) is 4.98 Å². The molecule has 24 heavy (non-hydrogen) atoms. The molecule has 0 atom stereocenters. The molecule has 0 radical (unpaired) electrons. The molecule has 1 aliphatic carbocycles. The predicted octanol–water partition coefficient (Wildman–Crippen LogP) is 4.22. The minimum Gasteiger partial charge on any atom is -0.457 e. The van der Waals surface area contributed by atoms with Crippen LogP contribution in [0.15, 0.2) is 45.6 Å². The van der Waals surface area contributed by atoms with E-state index < -0.39 is 0 Å². The zero-order chi connectivity index (χ0) is 16.1. The van der Waals surface area contributed by atoms with Crippen molar-refractivity contribution >= 4 is 5.97 Å². The smallest absolute Gasteiger partial charge is 0.338 e. The van der Waals surface area contributed by atoms with Crippen molar-refractivity contribution in [3.8, 4) is 22.8 Å². The summed E-state index contributed by atoms with van der Waals surface area (Å²) in [6.45, 7) is 0.348. The molecule has 0 N–H and O–H groups in total. The van der Waals surface area contributed by atoms with E-state index in [1.807, 2.05) is 30.3 Å². The molecule has 5 heteroatoms. The van der Waals surface area contributed by atoms with E-state index in [4.69, 9.17) is 13.6 Å². The fourth-order valence-corrected chi connectivity index (χ4v) is 3.09. The number of esters is 1. The Kier molecular flexibility index (Phi) is 2.89. The summed E-state index contributed by atoms with van der Waals surface area (Å²) in [7, 11) is 0. The van der Waals surface area contributed by atoms with Crippen LogP contribution in [-0.4, -0.2) is 11.0 Å². The SMILES string of the molecule is O=C1OCc2ccc(-c3ccc(-c4ocnc4CC4CC4)o3)cc21. The number of furan rings is 1. The van der Waals surface area contributed by atoms with E-state index in [-0.39, 0.29) is 5.97 Å². The molecule has 1 fully saturated rings. The predicted molar refractivity (Wildman–Crippen MR) is 85.2 cm³/mol. The number of benzene rings is 1. The standard InChI is InChI=1S/C19H15NO4/c21-19-14-8-12(3-4-13(14)9-22-19)16-5-6-17(24-16)18-15(20-10-23-18)7-11-1-2-11/h3-6,8,10-11H,1-2,7,9H2. The molecule has 5 rings (SSSR count). The van der Waals surface area contributed by atoms with Crippen LogP contribution in [-0.2, 0) is 17.8 Å². The summed E-state index contributed by atoms with van der Waals surface area (Å²) < 4.78 is 16.6. The Balaban J connectivity index is 1.48. The minimum atomic E-state index is -0.277. The largest absolute Gasteiger partial charge is 0.457 e. The van der Waals surface area contributed by atoms with E-state index >= 15 is 0 Å². The van der Waals surface area contributed by atoms with Gasteiger partial charge in [0.25, 0.3) is 0 Å². The van der Waals surface area contributed by atoms with E-state index in [2.05, 4.69) is 4.98 Å². The molecule has 3 aromatic rings. The normalized spacial score (nSPS) is 16.2. The number of carbonyl (C=O) groups excluding carboxylic acids is 1. The van der Waals surface area contributed by atoms with Gasteiger partial charge in [0.05, 0.1) is 11.3 Å². The first-order valence-electron chi connectivity index (χ1n) is 8.11. The van der Waals surface area contributed by atoms with Crippen LogP contribution in [0.3, 0.4) is 0 Å². The van der Waals surface area contributed by atoms with Crippen molar-refractivity contribution in [2.24, 2.45) is 5.92 Å². The molecular formula is C19H15NO4. The van der Waals surface area contributed by atoms with Gasteiger partial charge in [-0.3, -0.25) is 0 Å².